The number of ether oxygens (including phenoxy) is 2. The molecule has 0 atom stereocenters. The van der Waals surface area contributed by atoms with Gasteiger partial charge in [0.05, 0.1) is 13.2 Å². The molecule has 7 nitrogen and oxygen atoms in total. The minimum atomic E-state index is -3.84. The maximum absolute atomic E-state index is 12.1. The third-order valence-electron chi connectivity index (χ3n) is 2.51. The van der Waals surface area contributed by atoms with E-state index in [4.69, 9.17) is 4.74 Å². The van der Waals surface area contributed by atoms with E-state index < -0.39 is 27.7 Å². The van der Waals surface area contributed by atoms with E-state index in [2.05, 4.69) is 4.74 Å². The molecule has 0 aromatic heterocycles. The average molecular weight is 293 g/mol. The second-order valence-corrected chi connectivity index (χ2v) is 6.06. The Kier molecular flexibility index (Phi) is 5.74. The van der Waals surface area contributed by atoms with Gasteiger partial charge in [-0.25, -0.2) is 8.42 Å². The van der Waals surface area contributed by atoms with Crippen LogP contribution in [-0.2, 0) is 29.1 Å². The summed E-state index contributed by atoms with van der Waals surface area (Å²) in [6.07, 6.45) is 1.39. The van der Waals surface area contributed by atoms with Crippen LogP contribution in [0.1, 0.15) is 26.7 Å². The molecule has 1 fully saturated rings. The summed E-state index contributed by atoms with van der Waals surface area (Å²) in [6.45, 7) is 3.21. The van der Waals surface area contributed by atoms with Crippen molar-refractivity contribution in [2.45, 2.75) is 32.7 Å². The van der Waals surface area contributed by atoms with Crippen LogP contribution < -0.4 is 0 Å². The minimum absolute atomic E-state index is 0.121. The van der Waals surface area contributed by atoms with Gasteiger partial charge < -0.3 is 9.47 Å². The highest BCUT2D eigenvalue weighted by molar-refractivity contribution is 7.89. The normalized spacial score (nSPS) is 15.3. The maximum Gasteiger partial charge on any atom is 0.322 e. The molecule has 1 saturated carbocycles. The SMILES string of the molecule is CCOC(=O)CN(C1CC1)S(=O)(=O)CC(=O)OCC. The highest BCUT2D eigenvalue weighted by Gasteiger charge is 2.39. The van der Waals surface area contributed by atoms with Crippen molar-refractivity contribution in [2.75, 3.05) is 25.5 Å². The summed E-state index contributed by atoms with van der Waals surface area (Å²) >= 11 is 0. The highest BCUT2D eigenvalue weighted by Crippen LogP contribution is 2.29. The van der Waals surface area contributed by atoms with E-state index in [1.165, 1.54) is 0 Å². The molecular formula is C11H19NO6S. The third kappa shape index (κ3) is 5.15. The summed E-state index contributed by atoms with van der Waals surface area (Å²) < 4.78 is 34.5. The van der Waals surface area contributed by atoms with Crippen molar-refractivity contribution in [3.05, 3.63) is 0 Å². The van der Waals surface area contributed by atoms with Gasteiger partial charge in [0, 0.05) is 6.04 Å². The molecule has 110 valence electrons. The number of hydrogen-bond donors (Lipinski definition) is 0. The first-order chi connectivity index (χ1) is 8.90. The molecule has 8 heteroatoms. The molecule has 19 heavy (non-hydrogen) atoms. The lowest BCUT2D eigenvalue weighted by Crippen LogP contribution is -2.41. The van der Waals surface area contributed by atoms with E-state index in [1.54, 1.807) is 13.8 Å². The fourth-order valence-corrected chi connectivity index (χ4v) is 3.10. The Balaban J connectivity index is 2.69. The van der Waals surface area contributed by atoms with Crippen molar-refractivity contribution >= 4 is 22.0 Å². The average Bonchev–Trinajstić information content (AvgIpc) is 3.09. The number of sulfonamides is 1. The van der Waals surface area contributed by atoms with Crippen molar-refractivity contribution in [1.82, 2.24) is 4.31 Å². The second-order valence-electron chi connectivity index (χ2n) is 4.14. The first kappa shape index (κ1) is 15.9. The van der Waals surface area contributed by atoms with Crippen LogP contribution in [0.5, 0.6) is 0 Å². The standard InChI is InChI=1S/C11H19NO6S/c1-3-17-10(13)7-12(9-5-6-9)19(15,16)8-11(14)18-4-2/h9H,3-8H2,1-2H3. The Bertz CT molecular complexity index is 428. The van der Waals surface area contributed by atoms with Gasteiger partial charge >= 0.3 is 11.9 Å². The van der Waals surface area contributed by atoms with Gasteiger partial charge in [0.15, 0.2) is 5.75 Å². The molecule has 0 unspecified atom stereocenters. The zero-order valence-electron chi connectivity index (χ0n) is 11.1. The molecule has 1 aliphatic rings. The van der Waals surface area contributed by atoms with Crippen molar-refractivity contribution in [1.29, 1.82) is 0 Å². The molecule has 0 spiro atoms. The summed E-state index contributed by atoms with van der Waals surface area (Å²) in [4.78, 5) is 22.7. The minimum Gasteiger partial charge on any atom is -0.465 e. The number of carbonyl (C=O) groups excluding carboxylic acids is 2. The van der Waals surface area contributed by atoms with E-state index in [0.29, 0.717) is 12.8 Å². The van der Waals surface area contributed by atoms with Crippen LogP contribution in [0.25, 0.3) is 0 Å². The first-order valence-corrected chi connectivity index (χ1v) is 7.82. The van der Waals surface area contributed by atoms with Crippen molar-refractivity contribution in [2.24, 2.45) is 0 Å². The molecule has 0 bridgehead atoms. The molecule has 0 aromatic rings. The number of esters is 2. The zero-order valence-corrected chi connectivity index (χ0v) is 11.9. The van der Waals surface area contributed by atoms with Crippen LogP contribution in [0.2, 0.25) is 0 Å². The smallest absolute Gasteiger partial charge is 0.322 e. The molecule has 0 saturated heterocycles. The summed E-state index contributed by atoms with van der Waals surface area (Å²) in [6, 6.07) is -0.205. The van der Waals surface area contributed by atoms with Crippen molar-refractivity contribution < 1.29 is 27.5 Å². The van der Waals surface area contributed by atoms with Crippen LogP contribution in [0.3, 0.4) is 0 Å². The number of rotatable bonds is 8. The predicted octanol–water partition coefficient (Wildman–Crippen LogP) is -0.0932. The Morgan fingerprint density at radius 1 is 1.11 bits per heavy atom. The Labute approximate surface area is 112 Å². The van der Waals surface area contributed by atoms with Crippen LogP contribution in [0.15, 0.2) is 0 Å². The van der Waals surface area contributed by atoms with Crippen molar-refractivity contribution in [3.8, 4) is 0 Å². The van der Waals surface area contributed by atoms with Gasteiger partial charge in [-0.1, -0.05) is 0 Å². The maximum atomic E-state index is 12.1. The topological polar surface area (TPSA) is 90.0 Å². The predicted molar refractivity (Wildman–Crippen MR) is 66.8 cm³/mol. The lowest BCUT2D eigenvalue weighted by molar-refractivity contribution is -0.144. The molecule has 0 radical (unpaired) electrons. The van der Waals surface area contributed by atoms with Crippen LogP contribution in [-0.4, -0.2) is 56.2 Å². The van der Waals surface area contributed by atoms with E-state index in [1.807, 2.05) is 0 Å². The summed E-state index contributed by atoms with van der Waals surface area (Å²) in [5.41, 5.74) is 0. The molecule has 0 heterocycles. The van der Waals surface area contributed by atoms with E-state index in [0.717, 1.165) is 4.31 Å². The van der Waals surface area contributed by atoms with Gasteiger partial charge in [-0.15, -0.1) is 0 Å². The third-order valence-corrected chi connectivity index (χ3v) is 4.25. The Morgan fingerprint density at radius 2 is 1.63 bits per heavy atom. The monoisotopic (exact) mass is 293 g/mol. The van der Waals surface area contributed by atoms with Gasteiger partial charge in [0.2, 0.25) is 10.0 Å². The summed E-state index contributed by atoms with van der Waals surface area (Å²) in [5.74, 6) is -2.16. The molecule has 1 rings (SSSR count). The zero-order chi connectivity index (χ0) is 14.5. The lowest BCUT2D eigenvalue weighted by atomic mass is 10.6. The summed E-state index contributed by atoms with van der Waals surface area (Å²) in [5, 5.41) is 0. The van der Waals surface area contributed by atoms with Crippen LogP contribution in [0, 0.1) is 0 Å². The number of carbonyl (C=O) groups is 2. The van der Waals surface area contributed by atoms with E-state index in [-0.39, 0.29) is 25.8 Å². The van der Waals surface area contributed by atoms with Crippen LogP contribution in [0.4, 0.5) is 0 Å². The van der Waals surface area contributed by atoms with Gasteiger partial charge in [-0.05, 0) is 26.7 Å². The fraction of sp³-hybridized carbons (Fsp3) is 0.818. The molecule has 1 aliphatic carbocycles. The largest absolute Gasteiger partial charge is 0.465 e. The Morgan fingerprint density at radius 3 is 2.11 bits per heavy atom. The van der Waals surface area contributed by atoms with Crippen LogP contribution >= 0.6 is 0 Å². The lowest BCUT2D eigenvalue weighted by Gasteiger charge is -2.20. The molecule has 0 amide bonds. The highest BCUT2D eigenvalue weighted by atomic mass is 32.2. The molecule has 0 aromatic carbocycles. The molecule has 0 aliphatic heterocycles. The molecule has 0 N–H and O–H groups in total. The number of hydrogen-bond acceptors (Lipinski definition) is 6. The quantitative estimate of drug-likeness (QED) is 0.581. The van der Waals surface area contributed by atoms with Crippen molar-refractivity contribution in [3.63, 3.8) is 0 Å². The molecular weight excluding hydrogens is 274 g/mol. The van der Waals surface area contributed by atoms with Gasteiger partial charge in [-0.2, -0.15) is 4.31 Å². The van der Waals surface area contributed by atoms with Gasteiger partial charge in [0.25, 0.3) is 0 Å². The van der Waals surface area contributed by atoms with Gasteiger partial charge in [-0.3, -0.25) is 9.59 Å². The fourth-order valence-electron chi connectivity index (χ4n) is 1.59. The van der Waals surface area contributed by atoms with E-state index >= 15 is 0 Å². The van der Waals surface area contributed by atoms with Gasteiger partial charge in [0.1, 0.15) is 6.54 Å². The first-order valence-electron chi connectivity index (χ1n) is 6.21. The van der Waals surface area contributed by atoms with E-state index in [9.17, 15) is 18.0 Å². The second kappa shape index (κ2) is 6.85. The Hall–Kier alpha value is -1.15. The summed E-state index contributed by atoms with van der Waals surface area (Å²) in [7, 11) is -3.84. The number of nitrogens with zero attached hydrogens (tertiary/aromatic N) is 1.